The molecule has 0 aromatic heterocycles. The van der Waals surface area contributed by atoms with Crippen molar-refractivity contribution < 1.29 is 9.47 Å². The summed E-state index contributed by atoms with van der Waals surface area (Å²) in [6.45, 7) is 1.30. The van der Waals surface area contributed by atoms with E-state index in [1.165, 1.54) is 5.56 Å². The molecule has 2 nitrogen and oxygen atoms in total. The molecule has 1 aromatic rings. The van der Waals surface area contributed by atoms with Crippen LogP contribution in [0.3, 0.4) is 0 Å². The van der Waals surface area contributed by atoms with Crippen LogP contribution < -0.4 is 0 Å². The maximum atomic E-state index is 5.69. The third kappa shape index (κ3) is 3.94. The molecule has 0 N–H and O–H groups in total. The number of ether oxygens (including phenoxy) is 2. The normalized spacial score (nSPS) is 12.7. The molecule has 0 radical (unpaired) electrons. The molecule has 0 aliphatic carbocycles. The van der Waals surface area contributed by atoms with E-state index in [0.29, 0.717) is 13.2 Å². The van der Waals surface area contributed by atoms with E-state index in [0.717, 1.165) is 4.43 Å². The molecular weight excluding hydrogens is 291 g/mol. The van der Waals surface area contributed by atoms with Gasteiger partial charge in [-0.2, -0.15) is 0 Å². The molecule has 0 bridgehead atoms. The molecule has 1 atom stereocenters. The van der Waals surface area contributed by atoms with Gasteiger partial charge in [0.2, 0.25) is 0 Å². The van der Waals surface area contributed by atoms with Crippen molar-refractivity contribution in [2.75, 3.05) is 24.8 Å². The molecule has 0 saturated heterocycles. The van der Waals surface area contributed by atoms with Crippen molar-refractivity contribution in [3.8, 4) is 0 Å². The molecule has 1 unspecified atom stereocenters. The minimum absolute atomic E-state index is 0.187. The number of alkyl halides is 1. The highest BCUT2D eigenvalue weighted by Gasteiger charge is 2.08. The first-order chi connectivity index (χ1) is 6.88. The number of hydrogen-bond donors (Lipinski definition) is 0. The van der Waals surface area contributed by atoms with Crippen molar-refractivity contribution in [3.63, 3.8) is 0 Å². The molecule has 0 heterocycles. The van der Waals surface area contributed by atoms with Gasteiger partial charge < -0.3 is 9.47 Å². The summed E-state index contributed by atoms with van der Waals surface area (Å²) >= 11 is 2.34. The Balaban J connectivity index is 2.46. The van der Waals surface area contributed by atoms with Crippen molar-refractivity contribution >= 4 is 22.6 Å². The molecule has 1 rings (SSSR count). The van der Waals surface area contributed by atoms with Gasteiger partial charge in [-0.1, -0.05) is 52.9 Å². The number of benzene rings is 1. The van der Waals surface area contributed by atoms with Crippen LogP contribution in [0.1, 0.15) is 11.7 Å². The maximum Gasteiger partial charge on any atom is 0.0915 e. The van der Waals surface area contributed by atoms with Crippen molar-refractivity contribution in [1.82, 2.24) is 0 Å². The lowest BCUT2D eigenvalue weighted by Gasteiger charge is -2.15. The smallest absolute Gasteiger partial charge is 0.0915 e. The first-order valence-corrected chi connectivity index (χ1v) is 6.12. The van der Waals surface area contributed by atoms with Crippen molar-refractivity contribution in [2.45, 2.75) is 6.10 Å². The minimum atomic E-state index is 0.187. The van der Waals surface area contributed by atoms with Crippen molar-refractivity contribution in [3.05, 3.63) is 35.9 Å². The Hall–Kier alpha value is -0.130. The molecule has 78 valence electrons. The second-order valence-corrected chi connectivity index (χ2v) is 3.80. The van der Waals surface area contributed by atoms with E-state index in [4.69, 9.17) is 9.47 Å². The fourth-order valence-corrected chi connectivity index (χ4v) is 1.93. The topological polar surface area (TPSA) is 18.5 Å². The fraction of sp³-hybridized carbons (Fsp3) is 0.455. The van der Waals surface area contributed by atoms with Crippen molar-refractivity contribution in [1.29, 1.82) is 0 Å². The van der Waals surface area contributed by atoms with Crippen LogP contribution in [-0.4, -0.2) is 24.8 Å². The van der Waals surface area contributed by atoms with Gasteiger partial charge in [0.25, 0.3) is 0 Å². The monoisotopic (exact) mass is 306 g/mol. The highest BCUT2D eigenvalue weighted by molar-refractivity contribution is 14.1. The summed E-state index contributed by atoms with van der Waals surface area (Å²) < 4.78 is 11.6. The zero-order valence-corrected chi connectivity index (χ0v) is 10.4. The second-order valence-electron chi connectivity index (χ2n) is 2.92. The van der Waals surface area contributed by atoms with Gasteiger partial charge in [-0.25, -0.2) is 0 Å². The van der Waals surface area contributed by atoms with E-state index in [1.54, 1.807) is 7.11 Å². The lowest BCUT2D eigenvalue weighted by atomic mass is 10.1. The third-order valence-electron chi connectivity index (χ3n) is 1.92. The Morgan fingerprint density at radius 3 is 2.50 bits per heavy atom. The molecule has 0 fully saturated rings. The quantitative estimate of drug-likeness (QED) is 0.457. The third-order valence-corrected chi connectivity index (χ3v) is 2.72. The summed E-state index contributed by atoms with van der Waals surface area (Å²) in [5.41, 5.74) is 1.23. The van der Waals surface area contributed by atoms with Gasteiger partial charge in [0.05, 0.1) is 19.3 Å². The average Bonchev–Trinajstić information content (AvgIpc) is 2.26. The van der Waals surface area contributed by atoms with E-state index in [2.05, 4.69) is 34.7 Å². The second kappa shape index (κ2) is 7.20. The summed E-state index contributed by atoms with van der Waals surface area (Å²) in [4.78, 5) is 0. The van der Waals surface area contributed by atoms with Crippen LogP contribution in [0.15, 0.2) is 30.3 Å². The summed E-state index contributed by atoms with van der Waals surface area (Å²) in [5, 5.41) is 0. The van der Waals surface area contributed by atoms with Crippen molar-refractivity contribution in [2.24, 2.45) is 0 Å². The van der Waals surface area contributed by atoms with Gasteiger partial charge in [0.15, 0.2) is 0 Å². The molecule has 0 aliphatic heterocycles. The molecule has 0 saturated carbocycles. The molecule has 0 spiro atoms. The van der Waals surface area contributed by atoms with E-state index < -0.39 is 0 Å². The fourth-order valence-electron chi connectivity index (χ4n) is 1.17. The van der Waals surface area contributed by atoms with Gasteiger partial charge >= 0.3 is 0 Å². The lowest BCUT2D eigenvalue weighted by Crippen LogP contribution is -2.09. The molecular formula is C11H15IO2. The number of halogens is 1. The summed E-state index contributed by atoms with van der Waals surface area (Å²) in [5.74, 6) is 0. The number of methoxy groups -OCH3 is 1. The van der Waals surface area contributed by atoms with Crippen LogP contribution in [0.25, 0.3) is 0 Å². The van der Waals surface area contributed by atoms with Crippen LogP contribution in [0.2, 0.25) is 0 Å². The highest BCUT2D eigenvalue weighted by atomic mass is 127. The van der Waals surface area contributed by atoms with Gasteiger partial charge in [-0.3, -0.25) is 0 Å². The predicted molar refractivity (Wildman–Crippen MR) is 65.9 cm³/mol. The SMILES string of the molecule is COCCOC(CI)c1ccccc1. The van der Waals surface area contributed by atoms with Crippen LogP contribution >= 0.6 is 22.6 Å². The largest absolute Gasteiger partial charge is 0.382 e. The Labute approximate surface area is 98.7 Å². The molecule has 0 aliphatic rings. The van der Waals surface area contributed by atoms with E-state index >= 15 is 0 Å². The van der Waals surface area contributed by atoms with Gasteiger partial charge in [-0.15, -0.1) is 0 Å². The maximum absolute atomic E-state index is 5.69. The first-order valence-electron chi connectivity index (χ1n) is 4.60. The van der Waals surface area contributed by atoms with E-state index in [9.17, 15) is 0 Å². The van der Waals surface area contributed by atoms with Gasteiger partial charge in [0, 0.05) is 11.5 Å². The van der Waals surface area contributed by atoms with Crippen LogP contribution in [0, 0.1) is 0 Å². The van der Waals surface area contributed by atoms with Crippen LogP contribution in [0.4, 0.5) is 0 Å². The van der Waals surface area contributed by atoms with Crippen LogP contribution in [0.5, 0.6) is 0 Å². The summed E-state index contributed by atoms with van der Waals surface area (Å²) in [6, 6.07) is 10.3. The molecule has 3 heteroatoms. The molecule has 1 aromatic carbocycles. The van der Waals surface area contributed by atoms with Gasteiger partial charge in [-0.05, 0) is 5.56 Å². The Kier molecular flexibility index (Phi) is 6.14. The Bertz CT molecular complexity index is 238. The van der Waals surface area contributed by atoms with Crippen LogP contribution in [-0.2, 0) is 9.47 Å². The zero-order valence-electron chi connectivity index (χ0n) is 8.28. The standard InChI is InChI=1S/C11H15IO2/c1-13-7-8-14-11(9-12)10-5-3-2-4-6-10/h2-6,11H,7-9H2,1H3. The van der Waals surface area contributed by atoms with E-state index in [1.807, 2.05) is 18.2 Å². The summed E-state index contributed by atoms with van der Waals surface area (Å²) in [7, 11) is 1.69. The summed E-state index contributed by atoms with van der Waals surface area (Å²) in [6.07, 6.45) is 0.187. The average molecular weight is 306 g/mol. The lowest BCUT2D eigenvalue weighted by molar-refractivity contribution is 0.0292. The zero-order chi connectivity index (χ0) is 10.2. The molecule has 0 amide bonds. The minimum Gasteiger partial charge on any atom is -0.382 e. The molecule has 14 heavy (non-hydrogen) atoms. The van der Waals surface area contributed by atoms with Gasteiger partial charge in [0.1, 0.15) is 0 Å². The Morgan fingerprint density at radius 2 is 1.93 bits per heavy atom. The van der Waals surface area contributed by atoms with E-state index in [-0.39, 0.29) is 6.10 Å². The Morgan fingerprint density at radius 1 is 1.21 bits per heavy atom. The number of hydrogen-bond acceptors (Lipinski definition) is 2. The highest BCUT2D eigenvalue weighted by Crippen LogP contribution is 2.19. The first kappa shape index (κ1) is 11.9. The number of rotatable bonds is 6. The predicted octanol–water partition coefficient (Wildman–Crippen LogP) is 2.83.